The molecule has 100 valence electrons. The number of nitrogens with zero attached hydrogens (tertiary/aromatic N) is 1. The van der Waals surface area contributed by atoms with Gasteiger partial charge in [0.1, 0.15) is 5.75 Å². The van der Waals surface area contributed by atoms with E-state index in [9.17, 15) is 0 Å². The van der Waals surface area contributed by atoms with Gasteiger partial charge in [-0.3, -0.25) is 0 Å². The Bertz CT molecular complexity index is 570. The van der Waals surface area contributed by atoms with Crippen LogP contribution >= 0.6 is 11.6 Å². The Labute approximate surface area is 118 Å². The van der Waals surface area contributed by atoms with E-state index in [1.54, 1.807) is 12.1 Å². The molecule has 2 aromatic rings. The van der Waals surface area contributed by atoms with Crippen LogP contribution < -0.4 is 10.5 Å². The number of aromatic nitrogens is 1. The summed E-state index contributed by atoms with van der Waals surface area (Å²) >= 11 is 5.98. The molecule has 3 nitrogen and oxygen atoms in total. The SMILES string of the molecule is CC(C)c1ccccc1Oc1ccc(Cl)c(CN)n1. The van der Waals surface area contributed by atoms with Gasteiger partial charge < -0.3 is 10.5 Å². The highest BCUT2D eigenvalue weighted by atomic mass is 35.5. The molecule has 0 radical (unpaired) electrons. The Balaban J connectivity index is 2.31. The van der Waals surface area contributed by atoms with Crippen LogP contribution in [-0.2, 0) is 6.54 Å². The smallest absolute Gasteiger partial charge is 0.219 e. The van der Waals surface area contributed by atoms with Crippen molar-refractivity contribution in [1.82, 2.24) is 4.98 Å². The topological polar surface area (TPSA) is 48.1 Å². The molecule has 0 fully saturated rings. The quantitative estimate of drug-likeness (QED) is 0.914. The molecule has 0 saturated heterocycles. The van der Waals surface area contributed by atoms with E-state index < -0.39 is 0 Å². The monoisotopic (exact) mass is 276 g/mol. The normalized spacial score (nSPS) is 10.8. The van der Waals surface area contributed by atoms with Crippen molar-refractivity contribution in [1.29, 1.82) is 0 Å². The van der Waals surface area contributed by atoms with Gasteiger partial charge in [-0.1, -0.05) is 43.6 Å². The zero-order valence-corrected chi connectivity index (χ0v) is 11.8. The van der Waals surface area contributed by atoms with Crippen LogP contribution in [0.2, 0.25) is 5.02 Å². The average Bonchev–Trinajstić information content (AvgIpc) is 2.41. The Hall–Kier alpha value is -1.58. The number of nitrogens with two attached hydrogens (primary N) is 1. The van der Waals surface area contributed by atoms with Crippen molar-refractivity contribution in [3.8, 4) is 11.6 Å². The van der Waals surface area contributed by atoms with Crippen LogP contribution in [0.4, 0.5) is 0 Å². The third kappa shape index (κ3) is 3.25. The van der Waals surface area contributed by atoms with Gasteiger partial charge in [-0.15, -0.1) is 0 Å². The molecule has 0 aliphatic rings. The first-order chi connectivity index (χ1) is 9.11. The second-order valence-corrected chi connectivity index (χ2v) is 4.98. The Morgan fingerprint density at radius 3 is 2.63 bits per heavy atom. The van der Waals surface area contributed by atoms with E-state index >= 15 is 0 Å². The lowest BCUT2D eigenvalue weighted by molar-refractivity contribution is 0.452. The second kappa shape index (κ2) is 6.04. The van der Waals surface area contributed by atoms with Gasteiger partial charge in [-0.2, -0.15) is 0 Å². The van der Waals surface area contributed by atoms with Crippen molar-refractivity contribution in [2.75, 3.05) is 0 Å². The largest absolute Gasteiger partial charge is 0.439 e. The zero-order valence-electron chi connectivity index (χ0n) is 11.1. The van der Waals surface area contributed by atoms with Crippen molar-refractivity contribution >= 4 is 11.6 Å². The number of rotatable bonds is 4. The van der Waals surface area contributed by atoms with Crippen LogP contribution in [0.25, 0.3) is 0 Å². The molecule has 0 spiro atoms. The molecule has 1 aromatic heterocycles. The molecule has 1 heterocycles. The molecule has 1 aromatic carbocycles. The van der Waals surface area contributed by atoms with Crippen LogP contribution in [0.15, 0.2) is 36.4 Å². The lowest BCUT2D eigenvalue weighted by Crippen LogP contribution is -2.02. The van der Waals surface area contributed by atoms with Gasteiger partial charge in [0, 0.05) is 12.6 Å². The van der Waals surface area contributed by atoms with E-state index in [1.165, 1.54) is 0 Å². The van der Waals surface area contributed by atoms with Gasteiger partial charge in [0.25, 0.3) is 0 Å². The fraction of sp³-hybridized carbons (Fsp3) is 0.267. The van der Waals surface area contributed by atoms with Crippen molar-refractivity contribution < 1.29 is 4.74 Å². The third-order valence-electron chi connectivity index (χ3n) is 2.84. The second-order valence-electron chi connectivity index (χ2n) is 4.58. The van der Waals surface area contributed by atoms with E-state index in [0.717, 1.165) is 11.3 Å². The van der Waals surface area contributed by atoms with Crippen molar-refractivity contribution in [3.05, 3.63) is 52.7 Å². The molecule has 2 N–H and O–H groups in total. The van der Waals surface area contributed by atoms with Crippen molar-refractivity contribution in [2.45, 2.75) is 26.3 Å². The summed E-state index contributed by atoms with van der Waals surface area (Å²) < 4.78 is 5.84. The van der Waals surface area contributed by atoms with Gasteiger partial charge in [0.15, 0.2) is 0 Å². The van der Waals surface area contributed by atoms with Crippen LogP contribution in [0.5, 0.6) is 11.6 Å². The summed E-state index contributed by atoms with van der Waals surface area (Å²) in [5, 5.41) is 0.562. The van der Waals surface area contributed by atoms with Crippen LogP contribution in [0.3, 0.4) is 0 Å². The molecule has 0 aliphatic carbocycles. The number of hydrogen-bond acceptors (Lipinski definition) is 3. The molecular formula is C15H17ClN2O. The Morgan fingerprint density at radius 2 is 1.95 bits per heavy atom. The number of para-hydroxylation sites is 1. The molecule has 0 saturated carbocycles. The van der Waals surface area contributed by atoms with Crippen molar-refractivity contribution in [2.24, 2.45) is 5.73 Å². The maximum absolute atomic E-state index is 5.98. The van der Waals surface area contributed by atoms with E-state index in [-0.39, 0.29) is 0 Å². The van der Waals surface area contributed by atoms with E-state index in [4.69, 9.17) is 22.1 Å². The molecule has 2 rings (SSSR count). The molecule has 0 unspecified atom stereocenters. The maximum Gasteiger partial charge on any atom is 0.219 e. The van der Waals surface area contributed by atoms with Crippen LogP contribution in [0.1, 0.15) is 31.0 Å². The van der Waals surface area contributed by atoms with Gasteiger partial charge in [0.2, 0.25) is 5.88 Å². The van der Waals surface area contributed by atoms with Gasteiger partial charge in [-0.25, -0.2) is 4.98 Å². The van der Waals surface area contributed by atoms with Gasteiger partial charge in [0.05, 0.1) is 10.7 Å². The average molecular weight is 277 g/mol. The fourth-order valence-corrected chi connectivity index (χ4v) is 2.01. The number of benzene rings is 1. The molecule has 0 bridgehead atoms. The standard InChI is InChI=1S/C15H17ClN2O/c1-10(2)11-5-3-4-6-14(11)19-15-8-7-12(16)13(9-17)18-15/h3-8,10H,9,17H2,1-2H3. The fourth-order valence-electron chi connectivity index (χ4n) is 1.83. The van der Waals surface area contributed by atoms with Crippen molar-refractivity contribution in [3.63, 3.8) is 0 Å². The predicted molar refractivity (Wildman–Crippen MR) is 77.7 cm³/mol. The number of hydrogen-bond donors (Lipinski definition) is 1. The highest BCUT2D eigenvalue weighted by Crippen LogP contribution is 2.30. The first-order valence-corrected chi connectivity index (χ1v) is 6.62. The predicted octanol–water partition coefficient (Wildman–Crippen LogP) is 4.11. The third-order valence-corrected chi connectivity index (χ3v) is 3.19. The van der Waals surface area contributed by atoms with E-state index in [2.05, 4.69) is 24.9 Å². The minimum atomic E-state index is 0.294. The lowest BCUT2D eigenvalue weighted by atomic mass is 10.0. The summed E-state index contributed by atoms with van der Waals surface area (Å²) in [7, 11) is 0. The number of ether oxygens (including phenoxy) is 1. The number of pyridine rings is 1. The summed E-state index contributed by atoms with van der Waals surface area (Å²) in [6, 6.07) is 11.4. The summed E-state index contributed by atoms with van der Waals surface area (Å²) in [6.07, 6.45) is 0. The first kappa shape index (κ1) is 13.8. The zero-order chi connectivity index (χ0) is 13.8. The summed E-state index contributed by atoms with van der Waals surface area (Å²) in [4.78, 5) is 4.31. The van der Waals surface area contributed by atoms with E-state index in [1.807, 2.05) is 18.2 Å². The molecule has 19 heavy (non-hydrogen) atoms. The molecule has 0 amide bonds. The highest BCUT2D eigenvalue weighted by Gasteiger charge is 2.09. The van der Waals surface area contributed by atoms with E-state index in [0.29, 0.717) is 29.1 Å². The Kier molecular flexibility index (Phi) is 4.40. The summed E-state index contributed by atoms with van der Waals surface area (Å²) in [5.41, 5.74) is 7.38. The molecule has 4 heteroatoms. The molecule has 0 atom stereocenters. The van der Waals surface area contributed by atoms with Gasteiger partial charge >= 0.3 is 0 Å². The maximum atomic E-state index is 5.98. The van der Waals surface area contributed by atoms with Crippen LogP contribution in [-0.4, -0.2) is 4.98 Å². The van der Waals surface area contributed by atoms with Crippen LogP contribution in [0, 0.1) is 0 Å². The summed E-state index contributed by atoms with van der Waals surface area (Å²) in [5.74, 6) is 1.71. The molecular weight excluding hydrogens is 260 g/mol. The minimum absolute atomic E-state index is 0.294. The Morgan fingerprint density at radius 1 is 1.21 bits per heavy atom. The lowest BCUT2D eigenvalue weighted by Gasteiger charge is -2.13. The molecule has 0 aliphatic heterocycles. The summed E-state index contributed by atoms with van der Waals surface area (Å²) in [6.45, 7) is 4.55. The minimum Gasteiger partial charge on any atom is -0.439 e. The van der Waals surface area contributed by atoms with Gasteiger partial charge in [-0.05, 0) is 23.6 Å². The first-order valence-electron chi connectivity index (χ1n) is 6.24. The number of halogens is 1. The highest BCUT2D eigenvalue weighted by molar-refractivity contribution is 6.31.